The van der Waals surface area contributed by atoms with E-state index in [1.807, 2.05) is 24.3 Å². The van der Waals surface area contributed by atoms with Gasteiger partial charge in [-0.05, 0) is 17.5 Å². The van der Waals surface area contributed by atoms with Crippen LogP contribution in [0.2, 0.25) is 0 Å². The zero-order valence-corrected chi connectivity index (χ0v) is 13.3. The first-order valence-electron chi connectivity index (χ1n) is 6.89. The van der Waals surface area contributed by atoms with E-state index < -0.39 is 15.7 Å². The maximum Gasteiger partial charge on any atom is 0.270 e. The zero-order chi connectivity index (χ0) is 16.2. The van der Waals surface area contributed by atoms with Gasteiger partial charge in [-0.15, -0.1) is 0 Å². The lowest BCUT2D eigenvalue weighted by Crippen LogP contribution is -2.30. The highest BCUT2D eigenvalue weighted by atomic mass is 32.2. The molecular formula is C15H18N2O4S. The molecule has 6 nitrogen and oxygen atoms in total. The molecule has 0 saturated heterocycles. The molecular weight excluding hydrogens is 304 g/mol. The number of sulfone groups is 1. The Hall–Kier alpha value is -2.15. The molecule has 1 heterocycles. The molecule has 1 N–H and O–H groups in total. The summed E-state index contributed by atoms with van der Waals surface area (Å²) in [4.78, 5) is 16.3. The Labute approximate surface area is 129 Å². The van der Waals surface area contributed by atoms with Crippen molar-refractivity contribution in [3.8, 4) is 5.88 Å². The first-order chi connectivity index (χ1) is 10.5. The lowest BCUT2D eigenvalue weighted by Gasteiger charge is -2.09. The Morgan fingerprint density at radius 2 is 2.05 bits per heavy atom. The fourth-order valence-corrected chi connectivity index (χ4v) is 2.70. The molecule has 1 amide bonds. The number of hydrogen-bond acceptors (Lipinski definition) is 5. The Bertz CT molecular complexity index is 787. The van der Waals surface area contributed by atoms with Gasteiger partial charge in [-0.2, -0.15) is 0 Å². The smallest absolute Gasteiger partial charge is 0.270 e. The number of hydrogen-bond donors (Lipinski definition) is 1. The van der Waals surface area contributed by atoms with Crippen LogP contribution in [-0.4, -0.2) is 44.5 Å². The van der Waals surface area contributed by atoms with Crippen molar-refractivity contribution in [3.05, 3.63) is 36.0 Å². The van der Waals surface area contributed by atoms with Gasteiger partial charge in [0.25, 0.3) is 5.91 Å². The van der Waals surface area contributed by atoms with Crippen molar-refractivity contribution in [3.63, 3.8) is 0 Å². The molecule has 0 radical (unpaired) electrons. The van der Waals surface area contributed by atoms with Gasteiger partial charge in [-0.1, -0.05) is 25.1 Å². The molecule has 1 aromatic carbocycles. The van der Waals surface area contributed by atoms with E-state index in [0.717, 1.165) is 10.8 Å². The minimum atomic E-state index is -3.10. The Balaban J connectivity index is 2.18. The maximum absolute atomic E-state index is 12.1. The third kappa shape index (κ3) is 3.73. The second kappa shape index (κ2) is 6.74. The highest BCUT2D eigenvalue weighted by molar-refractivity contribution is 7.91. The summed E-state index contributed by atoms with van der Waals surface area (Å²) in [7, 11) is -1.61. The Morgan fingerprint density at radius 1 is 1.32 bits per heavy atom. The van der Waals surface area contributed by atoms with E-state index >= 15 is 0 Å². The molecule has 0 aliphatic carbocycles. The molecule has 0 atom stereocenters. The Morgan fingerprint density at radius 3 is 2.73 bits per heavy atom. The molecule has 0 aliphatic rings. The summed E-state index contributed by atoms with van der Waals surface area (Å²) in [5.41, 5.74) is 0.199. The molecule has 2 aromatic rings. The highest BCUT2D eigenvalue weighted by Crippen LogP contribution is 2.23. The van der Waals surface area contributed by atoms with E-state index in [0.29, 0.717) is 5.88 Å². The van der Waals surface area contributed by atoms with Gasteiger partial charge in [0.2, 0.25) is 5.88 Å². The minimum absolute atomic E-state index is 0.0604. The van der Waals surface area contributed by atoms with Crippen molar-refractivity contribution in [2.24, 2.45) is 0 Å². The van der Waals surface area contributed by atoms with Crippen molar-refractivity contribution >= 4 is 26.5 Å². The minimum Gasteiger partial charge on any atom is -0.481 e. The van der Waals surface area contributed by atoms with Crippen LogP contribution in [0.5, 0.6) is 5.88 Å². The van der Waals surface area contributed by atoms with Crippen molar-refractivity contribution < 1.29 is 17.9 Å². The molecule has 0 bridgehead atoms. The molecule has 0 aliphatic heterocycles. The first-order valence-corrected chi connectivity index (χ1v) is 8.71. The van der Waals surface area contributed by atoms with Crippen LogP contribution in [0.25, 0.3) is 10.8 Å². The summed E-state index contributed by atoms with van der Waals surface area (Å²) in [6.45, 7) is 1.64. The van der Waals surface area contributed by atoms with Crippen molar-refractivity contribution in [1.82, 2.24) is 10.3 Å². The summed E-state index contributed by atoms with van der Waals surface area (Å²) in [5, 5.41) is 4.22. The lowest BCUT2D eigenvalue weighted by molar-refractivity contribution is 0.0950. The number of methoxy groups -OCH3 is 1. The number of amides is 1. The number of aromatic nitrogens is 1. The number of nitrogens with zero attached hydrogens (tertiary/aromatic N) is 1. The van der Waals surface area contributed by atoms with E-state index in [2.05, 4.69) is 10.3 Å². The van der Waals surface area contributed by atoms with Crippen molar-refractivity contribution in [2.45, 2.75) is 6.92 Å². The number of ether oxygens (including phenoxy) is 1. The lowest BCUT2D eigenvalue weighted by atomic mass is 10.1. The molecule has 0 saturated carbocycles. The molecule has 1 aromatic heterocycles. The molecule has 22 heavy (non-hydrogen) atoms. The average molecular weight is 322 g/mol. The van der Waals surface area contributed by atoms with Crippen LogP contribution in [0.4, 0.5) is 0 Å². The van der Waals surface area contributed by atoms with Crippen LogP contribution in [0, 0.1) is 0 Å². The topological polar surface area (TPSA) is 85.4 Å². The fourth-order valence-electron chi connectivity index (χ4n) is 1.99. The van der Waals surface area contributed by atoms with Crippen LogP contribution in [-0.2, 0) is 9.84 Å². The van der Waals surface area contributed by atoms with Gasteiger partial charge >= 0.3 is 0 Å². The third-order valence-corrected chi connectivity index (χ3v) is 4.98. The highest BCUT2D eigenvalue weighted by Gasteiger charge is 2.13. The summed E-state index contributed by atoms with van der Waals surface area (Å²) < 4.78 is 28.0. The van der Waals surface area contributed by atoms with E-state index in [1.54, 1.807) is 13.0 Å². The third-order valence-electron chi connectivity index (χ3n) is 3.27. The summed E-state index contributed by atoms with van der Waals surface area (Å²) >= 11 is 0. The van der Waals surface area contributed by atoms with Crippen LogP contribution in [0.3, 0.4) is 0 Å². The molecule has 7 heteroatoms. The van der Waals surface area contributed by atoms with Gasteiger partial charge in [-0.3, -0.25) is 4.79 Å². The first kappa shape index (κ1) is 16.2. The summed E-state index contributed by atoms with van der Waals surface area (Å²) in [5.74, 6) is -0.0787. The maximum atomic E-state index is 12.1. The summed E-state index contributed by atoms with van der Waals surface area (Å²) in [6, 6.07) is 9.09. The molecule has 2 rings (SSSR count). The fraction of sp³-hybridized carbons (Fsp3) is 0.333. The van der Waals surface area contributed by atoms with Gasteiger partial charge in [0.05, 0.1) is 12.9 Å². The molecule has 0 unspecified atom stereocenters. The van der Waals surface area contributed by atoms with Crippen LogP contribution in [0.1, 0.15) is 17.4 Å². The van der Waals surface area contributed by atoms with E-state index in [4.69, 9.17) is 4.74 Å². The van der Waals surface area contributed by atoms with E-state index in [-0.39, 0.29) is 23.7 Å². The second-order valence-corrected chi connectivity index (χ2v) is 7.20. The molecule has 118 valence electrons. The molecule has 0 fully saturated rings. The van der Waals surface area contributed by atoms with Crippen LogP contribution in [0.15, 0.2) is 30.3 Å². The van der Waals surface area contributed by atoms with E-state index in [9.17, 15) is 13.2 Å². The van der Waals surface area contributed by atoms with Gasteiger partial charge in [0, 0.05) is 17.7 Å². The predicted molar refractivity (Wildman–Crippen MR) is 85.0 cm³/mol. The standard InChI is InChI=1S/C15H18N2O4S/c1-3-22(19,20)9-8-16-14(18)13-10-11-6-4-5-7-12(11)15(17-13)21-2/h4-7,10H,3,8-9H2,1-2H3,(H,16,18). The normalized spacial score (nSPS) is 11.4. The second-order valence-electron chi connectivity index (χ2n) is 4.73. The Kier molecular flexibility index (Phi) is 4.97. The number of benzene rings is 1. The SMILES string of the molecule is CCS(=O)(=O)CCNC(=O)c1cc2ccccc2c(OC)n1. The number of carbonyl (C=O) groups is 1. The number of rotatable bonds is 6. The number of nitrogens with one attached hydrogen (secondary N) is 1. The quantitative estimate of drug-likeness (QED) is 0.869. The number of fused-ring (bicyclic) bond motifs is 1. The van der Waals surface area contributed by atoms with Gasteiger partial charge in [-0.25, -0.2) is 13.4 Å². The van der Waals surface area contributed by atoms with Crippen LogP contribution < -0.4 is 10.1 Å². The van der Waals surface area contributed by atoms with Crippen LogP contribution >= 0.6 is 0 Å². The number of pyridine rings is 1. The van der Waals surface area contributed by atoms with Gasteiger partial charge in [0.1, 0.15) is 5.69 Å². The van der Waals surface area contributed by atoms with Crippen molar-refractivity contribution in [1.29, 1.82) is 0 Å². The van der Waals surface area contributed by atoms with Crippen molar-refractivity contribution in [2.75, 3.05) is 25.2 Å². The molecule has 0 spiro atoms. The monoisotopic (exact) mass is 322 g/mol. The van der Waals surface area contributed by atoms with Gasteiger partial charge < -0.3 is 10.1 Å². The summed E-state index contributed by atoms with van der Waals surface area (Å²) in [6.07, 6.45) is 0. The van der Waals surface area contributed by atoms with Gasteiger partial charge in [0.15, 0.2) is 9.84 Å². The largest absolute Gasteiger partial charge is 0.481 e. The zero-order valence-electron chi connectivity index (χ0n) is 12.5. The number of carbonyl (C=O) groups excluding carboxylic acids is 1. The predicted octanol–water partition coefficient (Wildman–Crippen LogP) is 1.41. The average Bonchev–Trinajstić information content (AvgIpc) is 2.53. The van der Waals surface area contributed by atoms with E-state index in [1.165, 1.54) is 7.11 Å².